The second kappa shape index (κ2) is 14.9. The van der Waals surface area contributed by atoms with Crippen LogP contribution < -0.4 is 15.0 Å². The topological polar surface area (TPSA) is 110 Å². The maximum Gasteiger partial charge on any atom is 0.410 e. The van der Waals surface area contributed by atoms with Gasteiger partial charge in [0.15, 0.2) is 0 Å². The van der Waals surface area contributed by atoms with Gasteiger partial charge >= 0.3 is 6.09 Å². The summed E-state index contributed by atoms with van der Waals surface area (Å²) in [7, 11) is 1.63. The van der Waals surface area contributed by atoms with E-state index in [1.54, 1.807) is 23.1 Å². The molecule has 0 spiro atoms. The average molecular weight is 615 g/mol. The number of aromatic nitrogens is 1. The number of likely N-dealkylation sites (tertiary alicyclic amines) is 1. The van der Waals surface area contributed by atoms with Gasteiger partial charge in [-0.3, -0.25) is 14.5 Å². The lowest BCUT2D eigenvalue weighted by molar-refractivity contribution is -0.131. The molecule has 246 valence electrons. The zero-order valence-electron chi connectivity index (χ0n) is 27.9. The predicted molar refractivity (Wildman–Crippen MR) is 170 cm³/mol. The van der Waals surface area contributed by atoms with Crippen LogP contribution in [0.1, 0.15) is 104 Å². The van der Waals surface area contributed by atoms with E-state index in [1.807, 2.05) is 33.8 Å². The van der Waals surface area contributed by atoms with Crippen LogP contribution in [0.2, 0.25) is 0 Å². The van der Waals surface area contributed by atoms with E-state index in [0.29, 0.717) is 37.1 Å². The SMILES string of the molecule is CCOC[C@@H](NC(=O)[C@H]1C[C@@H](C(=O)N(c2cc(OC)c(C(C)C)cn2)C2CC2)CN(C(=O)OC(C)(C)C)C1)C1CCCCC1. The molecule has 1 aromatic rings. The molecule has 2 aliphatic carbocycles. The molecule has 1 aliphatic heterocycles. The molecular formula is C34H54N4O6. The fourth-order valence-corrected chi connectivity index (χ4v) is 6.51. The van der Waals surface area contributed by atoms with E-state index in [9.17, 15) is 14.4 Å². The van der Waals surface area contributed by atoms with Gasteiger partial charge in [0.1, 0.15) is 17.2 Å². The summed E-state index contributed by atoms with van der Waals surface area (Å²) in [5.41, 5.74) is 0.276. The van der Waals surface area contributed by atoms with E-state index in [4.69, 9.17) is 14.2 Å². The van der Waals surface area contributed by atoms with Crippen LogP contribution >= 0.6 is 0 Å². The predicted octanol–water partition coefficient (Wildman–Crippen LogP) is 5.68. The third-order valence-electron chi connectivity index (χ3n) is 8.99. The highest BCUT2D eigenvalue weighted by Gasteiger charge is 2.44. The van der Waals surface area contributed by atoms with Crippen molar-refractivity contribution in [1.29, 1.82) is 0 Å². The Kier molecular flexibility index (Phi) is 11.5. The van der Waals surface area contributed by atoms with E-state index in [1.165, 1.54) is 6.42 Å². The van der Waals surface area contributed by atoms with Crippen LogP contribution in [-0.2, 0) is 19.1 Å². The third kappa shape index (κ3) is 8.86. The molecule has 10 heteroatoms. The number of piperidine rings is 1. The highest BCUT2D eigenvalue weighted by molar-refractivity contribution is 5.96. The second-order valence-corrected chi connectivity index (χ2v) is 14.1. The van der Waals surface area contributed by atoms with Crippen molar-refractivity contribution in [2.75, 3.05) is 38.3 Å². The summed E-state index contributed by atoms with van der Waals surface area (Å²) in [4.78, 5) is 49.6. The number of amides is 3. The Hall–Kier alpha value is -2.88. The molecule has 2 saturated carbocycles. The van der Waals surface area contributed by atoms with Gasteiger partial charge in [-0.1, -0.05) is 33.1 Å². The molecule has 3 aliphatic rings. The Labute approximate surface area is 263 Å². The number of rotatable bonds is 11. The molecule has 3 amide bonds. The number of nitrogens with zero attached hydrogens (tertiary/aromatic N) is 3. The van der Waals surface area contributed by atoms with Gasteiger partial charge in [-0.05, 0) is 71.6 Å². The molecule has 0 radical (unpaired) electrons. The van der Waals surface area contributed by atoms with Crippen LogP contribution in [0.5, 0.6) is 5.75 Å². The Morgan fingerprint density at radius 2 is 1.75 bits per heavy atom. The van der Waals surface area contributed by atoms with Crippen molar-refractivity contribution in [2.45, 2.75) is 117 Å². The average Bonchev–Trinajstić information content (AvgIpc) is 3.83. The van der Waals surface area contributed by atoms with Crippen LogP contribution in [0.3, 0.4) is 0 Å². The number of carbonyl (C=O) groups is 3. The number of carbonyl (C=O) groups excluding carboxylic acids is 3. The standard InChI is InChI=1S/C34H54N4O6/c1-8-43-21-28(23-12-10-9-11-13-23)36-31(39)24-16-25(20-37(19-24)33(41)44-34(4,5)6)32(40)38(26-14-15-26)30-17-29(42-7)27(18-35-30)22(2)3/h17-18,22-26,28H,8-16,19-21H2,1-7H3,(H,36,39)/t24-,25+,28+/m0/s1. The number of anilines is 1. The van der Waals surface area contributed by atoms with Crippen molar-refractivity contribution in [2.24, 2.45) is 17.8 Å². The number of nitrogens with one attached hydrogen (secondary N) is 1. The summed E-state index contributed by atoms with van der Waals surface area (Å²) >= 11 is 0. The molecule has 1 N–H and O–H groups in total. The molecule has 4 rings (SSSR count). The smallest absolute Gasteiger partial charge is 0.410 e. The zero-order valence-corrected chi connectivity index (χ0v) is 27.9. The number of hydrogen-bond donors (Lipinski definition) is 1. The molecule has 0 unspecified atom stereocenters. The van der Waals surface area contributed by atoms with E-state index in [0.717, 1.165) is 44.1 Å². The van der Waals surface area contributed by atoms with Crippen molar-refractivity contribution in [1.82, 2.24) is 15.2 Å². The molecule has 1 aromatic heterocycles. The summed E-state index contributed by atoms with van der Waals surface area (Å²) in [6.45, 7) is 13.0. The molecular weight excluding hydrogens is 560 g/mol. The number of hydrogen-bond acceptors (Lipinski definition) is 7. The monoisotopic (exact) mass is 614 g/mol. The normalized spacial score (nSPS) is 22.0. The van der Waals surface area contributed by atoms with Crippen LogP contribution in [0, 0.1) is 17.8 Å². The summed E-state index contributed by atoms with van der Waals surface area (Å²) in [6.07, 6.45) is 9.06. The van der Waals surface area contributed by atoms with Crippen LogP contribution in [0.25, 0.3) is 0 Å². The lowest BCUT2D eigenvalue weighted by atomic mass is 9.83. The maximum atomic E-state index is 14.3. The molecule has 3 fully saturated rings. The van der Waals surface area contributed by atoms with Gasteiger partial charge in [0.05, 0.1) is 31.6 Å². The minimum Gasteiger partial charge on any atom is -0.496 e. The molecule has 0 aromatic carbocycles. The summed E-state index contributed by atoms with van der Waals surface area (Å²) in [5, 5.41) is 3.29. The van der Waals surface area contributed by atoms with Gasteiger partial charge in [-0.15, -0.1) is 0 Å². The second-order valence-electron chi connectivity index (χ2n) is 14.1. The van der Waals surface area contributed by atoms with Crippen molar-refractivity contribution >= 4 is 23.7 Å². The fourth-order valence-electron chi connectivity index (χ4n) is 6.51. The highest BCUT2D eigenvalue weighted by Crippen LogP contribution is 2.37. The Balaban J connectivity index is 1.59. The van der Waals surface area contributed by atoms with Crippen molar-refractivity contribution in [3.8, 4) is 5.75 Å². The first kappa shape index (κ1) is 34.0. The van der Waals surface area contributed by atoms with Gasteiger partial charge in [-0.2, -0.15) is 0 Å². The maximum absolute atomic E-state index is 14.3. The molecule has 44 heavy (non-hydrogen) atoms. The first-order valence-corrected chi connectivity index (χ1v) is 16.6. The van der Waals surface area contributed by atoms with Crippen LogP contribution in [0.15, 0.2) is 12.3 Å². The van der Waals surface area contributed by atoms with Gasteiger partial charge in [0.2, 0.25) is 11.8 Å². The van der Waals surface area contributed by atoms with Gasteiger partial charge in [0.25, 0.3) is 0 Å². The molecule has 2 heterocycles. The molecule has 1 saturated heterocycles. The van der Waals surface area contributed by atoms with E-state index in [-0.39, 0.29) is 42.9 Å². The van der Waals surface area contributed by atoms with Crippen LogP contribution in [0.4, 0.5) is 10.6 Å². The largest absolute Gasteiger partial charge is 0.496 e. The van der Waals surface area contributed by atoms with Crippen molar-refractivity contribution in [3.63, 3.8) is 0 Å². The number of ether oxygens (including phenoxy) is 3. The third-order valence-corrected chi connectivity index (χ3v) is 8.99. The first-order chi connectivity index (χ1) is 20.9. The molecule has 3 atom stereocenters. The number of pyridine rings is 1. The van der Waals surface area contributed by atoms with E-state index >= 15 is 0 Å². The quantitative estimate of drug-likeness (QED) is 0.341. The molecule has 0 bridgehead atoms. The molecule has 10 nitrogen and oxygen atoms in total. The number of methoxy groups -OCH3 is 1. The minimum absolute atomic E-state index is 0.0376. The van der Waals surface area contributed by atoms with Crippen molar-refractivity contribution < 1.29 is 28.6 Å². The Morgan fingerprint density at radius 3 is 2.34 bits per heavy atom. The van der Waals surface area contributed by atoms with Crippen molar-refractivity contribution in [3.05, 3.63) is 17.8 Å². The summed E-state index contributed by atoms with van der Waals surface area (Å²) < 4.78 is 17.2. The first-order valence-electron chi connectivity index (χ1n) is 16.6. The van der Waals surface area contributed by atoms with Gasteiger partial charge < -0.3 is 24.4 Å². The highest BCUT2D eigenvalue weighted by atomic mass is 16.6. The van der Waals surface area contributed by atoms with Gasteiger partial charge in [-0.25, -0.2) is 9.78 Å². The fraction of sp³-hybridized carbons (Fsp3) is 0.765. The van der Waals surface area contributed by atoms with Gasteiger partial charge in [0, 0.05) is 43.6 Å². The minimum atomic E-state index is -0.700. The summed E-state index contributed by atoms with van der Waals surface area (Å²) in [5.74, 6) is 0.439. The Morgan fingerprint density at radius 1 is 1.07 bits per heavy atom. The lowest BCUT2D eigenvalue weighted by Crippen LogP contribution is -2.55. The summed E-state index contributed by atoms with van der Waals surface area (Å²) in [6, 6.07) is 1.79. The zero-order chi connectivity index (χ0) is 32.0. The van der Waals surface area contributed by atoms with E-state index in [2.05, 4.69) is 24.1 Å². The lowest BCUT2D eigenvalue weighted by Gasteiger charge is -2.39. The van der Waals surface area contributed by atoms with Crippen LogP contribution in [-0.4, -0.2) is 78.9 Å². The van der Waals surface area contributed by atoms with E-state index < -0.39 is 23.5 Å². The Bertz CT molecular complexity index is 1140.